The Labute approximate surface area is 260 Å². The van der Waals surface area contributed by atoms with Crippen molar-refractivity contribution in [2.24, 2.45) is 44.3 Å². The minimum absolute atomic E-state index is 0.00741. The Morgan fingerprint density at radius 1 is 0.791 bits per heavy atom. The second kappa shape index (κ2) is 10.9. The van der Waals surface area contributed by atoms with Crippen LogP contribution in [0.2, 0.25) is 0 Å². The maximum Gasteiger partial charge on any atom is 0.315 e. The van der Waals surface area contributed by atoms with Crippen molar-refractivity contribution in [3.8, 4) is 0 Å². The summed E-state index contributed by atoms with van der Waals surface area (Å²) >= 11 is 0. The maximum absolute atomic E-state index is 13.5. The van der Waals surface area contributed by atoms with Crippen molar-refractivity contribution >= 4 is 17.9 Å². The van der Waals surface area contributed by atoms with E-state index in [0.717, 1.165) is 57.8 Å². The van der Waals surface area contributed by atoms with Gasteiger partial charge in [0, 0.05) is 18.3 Å². The lowest BCUT2D eigenvalue weighted by molar-refractivity contribution is -0.214. The summed E-state index contributed by atoms with van der Waals surface area (Å²) in [6.45, 7) is 17.1. The summed E-state index contributed by atoms with van der Waals surface area (Å²) in [5.74, 6) is 0.0554. The highest BCUT2D eigenvalue weighted by atomic mass is 16.5. The fourth-order valence-corrected chi connectivity index (χ4v) is 11.7. The molecule has 4 saturated carbocycles. The normalized spacial score (nSPS) is 41.2. The molecule has 5 aliphatic carbocycles. The molecule has 0 unspecified atom stereocenters. The molecule has 0 amide bonds. The van der Waals surface area contributed by atoms with E-state index >= 15 is 0 Å². The number of hydrogen-bond acceptors (Lipinski definition) is 5. The van der Waals surface area contributed by atoms with Crippen LogP contribution in [-0.4, -0.2) is 36.2 Å². The monoisotopic (exact) mass is 598 g/mol. The molecule has 43 heavy (non-hydrogen) atoms. The summed E-state index contributed by atoms with van der Waals surface area (Å²) in [6.07, 6.45) is 12.8. The van der Waals surface area contributed by atoms with Crippen LogP contribution in [0.25, 0.3) is 0 Å². The van der Waals surface area contributed by atoms with Crippen molar-refractivity contribution in [1.82, 2.24) is 0 Å². The standard InChI is InChI=1S/C37H58O6/c1-32(2)19-21-37(31(41)42-8)22-20-35(6)24(25(37)23-32)13-14-27-34(5)17-16-28(43-30(40)12-10-9-11-29(38)39)33(3,4)26(34)15-18-36(27,35)7/h26-28H,9-23H2,1-8H3,(H,38,39)/t26-,27+,28-,34-,35+,36+,37-/m0/s1. The van der Waals surface area contributed by atoms with E-state index in [4.69, 9.17) is 14.6 Å². The molecule has 0 aromatic heterocycles. The van der Waals surface area contributed by atoms with Crippen molar-refractivity contribution in [3.05, 3.63) is 11.1 Å². The van der Waals surface area contributed by atoms with E-state index in [1.165, 1.54) is 18.4 Å². The van der Waals surface area contributed by atoms with Crippen LogP contribution in [0.5, 0.6) is 0 Å². The molecule has 0 saturated heterocycles. The molecule has 0 aliphatic heterocycles. The number of rotatable bonds is 7. The lowest BCUT2D eigenvalue weighted by Crippen LogP contribution is -2.64. The molecule has 5 rings (SSSR count). The molecule has 242 valence electrons. The summed E-state index contributed by atoms with van der Waals surface area (Å²) < 4.78 is 11.7. The number of carbonyl (C=O) groups is 3. The molecule has 0 aromatic rings. The van der Waals surface area contributed by atoms with Gasteiger partial charge >= 0.3 is 17.9 Å². The van der Waals surface area contributed by atoms with Crippen LogP contribution in [0.3, 0.4) is 0 Å². The lowest BCUT2D eigenvalue weighted by Gasteiger charge is -2.71. The first-order valence-corrected chi connectivity index (χ1v) is 17.2. The number of ether oxygens (including phenoxy) is 2. The molecule has 1 N–H and O–H groups in total. The summed E-state index contributed by atoms with van der Waals surface area (Å²) in [5.41, 5.74) is 3.10. The van der Waals surface area contributed by atoms with Crippen LogP contribution in [0.1, 0.15) is 145 Å². The van der Waals surface area contributed by atoms with E-state index in [-0.39, 0.29) is 51.5 Å². The van der Waals surface area contributed by atoms with Gasteiger partial charge in [-0.1, -0.05) is 59.6 Å². The molecule has 6 nitrogen and oxygen atoms in total. The molecule has 0 bridgehead atoms. The van der Waals surface area contributed by atoms with Crippen molar-refractivity contribution < 1.29 is 29.0 Å². The maximum atomic E-state index is 13.5. The topological polar surface area (TPSA) is 89.9 Å². The van der Waals surface area contributed by atoms with E-state index in [1.807, 2.05) is 0 Å². The SMILES string of the molecule is COC(=O)[C@]12CCC(C)(C)CC1=C1CC[C@@H]3[C@@]4(C)CC[C@H](OC(=O)CCCCC(=O)O)C(C)(C)[C@@H]4CC[C@@]3(C)[C@]1(C)CC2. The van der Waals surface area contributed by atoms with E-state index in [2.05, 4.69) is 48.5 Å². The Bertz CT molecular complexity index is 1180. The number of aliphatic carboxylic acids is 1. The molecule has 0 radical (unpaired) electrons. The fraction of sp³-hybridized carbons (Fsp3) is 0.865. The zero-order chi connectivity index (χ0) is 31.6. The summed E-state index contributed by atoms with van der Waals surface area (Å²) in [7, 11) is 1.57. The zero-order valence-corrected chi connectivity index (χ0v) is 28.3. The highest BCUT2D eigenvalue weighted by molar-refractivity contribution is 5.82. The Morgan fingerprint density at radius 2 is 1.47 bits per heavy atom. The molecule has 0 heterocycles. The van der Waals surface area contributed by atoms with Gasteiger partial charge in [-0.15, -0.1) is 0 Å². The Balaban J connectivity index is 1.41. The number of allylic oxidation sites excluding steroid dienone is 1. The van der Waals surface area contributed by atoms with Crippen molar-refractivity contribution in [2.45, 2.75) is 151 Å². The number of methoxy groups -OCH3 is 1. The predicted octanol–water partition coefficient (Wildman–Crippen LogP) is 8.66. The first-order chi connectivity index (χ1) is 20.0. The Hall–Kier alpha value is -1.85. The lowest BCUT2D eigenvalue weighted by atomic mass is 9.34. The van der Waals surface area contributed by atoms with Crippen LogP contribution >= 0.6 is 0 Å². The average molecular weight is 599 g/mol. The van der Waals surface area contributed by atoms with Gasteiger partial charge in [0.25, 0.3) is 0 Å². The van der Waals surface area contributed by atoms with Gasteiger partial charge in [-0.2, -0.15) is 0 Å². The van der Waals surface area contributed by atoms with Crippen LogP contribution in [0.15, 0.2) is 11.1 Å². The minimum Gasteiger partial charge on any atom is -0.481 e. The van der Waals surface area contributed by atoms with Crippen LogP contribution in [-0.2, 0) is 23.9 Å². The van der Waals surface area contributed by atoms with Gasteiger partial charge in [-0.05, 0) is 117 Å². The van der Waals surface area contributed by atoms with Gasteiger partial charge in [0.15, 0.2) is 0 Å². The van der Waals surface area contributed by atoms with Gasteiger partial charge in [0.2, 0.25) is 0 Å². The van der Waals surface area contributed by atoms with E-state index < -0.39 is 11.4 Å². The van der Waals surface area contributed by atoms with Gasteiger partial charge < -0.3 is 14.6 Å². The highest BCUT2D eigenvalue weighted by Gasteiger charge is 2.68. The Morgan fingerprint density at radius 3 is 2.14 bits per heavy atom. The van der Waals surface area contributed by atoms with Crippen LogP contribution < -0.4 is 0 Å². The van der Waals surface area contributed by atoms with Crippen LogP contribution in [0, 0.1) is 44.3 Å². The molecule has 6 heteroatoms. The second-order valence-electron chi connectivity index (χ2n) is 17.2. The third-order valence-electron chi connectivity index (χ3n) is 14.3. The first-order valence-electron chi connectivity index (χ1n) is 17.2. The van der Waals surface area contributed by atoms with E-state index in [9.17, 15) is 14.4 Å². The third-order valence-corrected chi connectivity index (χ3v) is 14.3. The molecule has 0 spiro atoms. The average Bonchev–Trinajstić information content (AvgIpc) is 2.92. The number of esters is 2. The minimum atomic E-state index is -0.816. The van der Waals surface area contributed by atoms with Crippen molar-refractivity contribution in [1.29, 1.82) is 0 Å². The number of hydrogen-bond donors (Lipinski definition) is 1. The number of fused-ring (bicyclic) bond motifs is 6. The molecule has 5 aliphatic rings. The smallest absolute Gasteiger partial charge is 0.315 e. The molecule has 0 aromatic carbocycles. The predicted molar refractivity (Wildman–Crippen MR) is 167 cm³/mol. The summed E-state index contributed by atoms with van der Waals surface area (Å²) in [5, 5.41) is 8.90. The summed E-state index contributed by atoms with van der Waals surface area (Å²) in [6, 6.07) is 0. The number of carboxylic acids is 1. The molecule has 7 atom stereocenters. The van der Waals surface area contributed by atoms with E-state index in [0.29, 0.717) is 31.1 Å². The third kappa shape index (κ3) is 5.00. The molecule has 4 fully saturated rings. The zero-order valence-electron chi connectivity index (χ0n) is 28.3. The fourth-order valence-electron chi connectivity index (χ4n) is 11.7. The largest absolute Gasteiger partial charge is 0.481 e. The highest BCUT2D eigenvalue weighted by Crippen LogP contribution is 2.75. The second-order valence-corrected chi connectivity index (χ2v) is 17.2. The van der Waals surface area contributed by atoms with Crippen molar-refractivity contribution in [3.63, 3.8) is 0 Å². The van der Waals surface area contributed by atoms with Crippen molar-refractivity contribution in [2.75, 3.05) is 7.11 Å². The Kier molecular flexibility index (Phi) is 8.25. The molecular formula is C37H58O6. The van der Waals surface area contributed by atoms with Gasteiger partial charge in [-0.25, -0.2) is 0 Å². The number of carbonyl (C=O) groups excluding carboxylic acids is 2. The van der Waals surface area contributed by atoms with Gasteiger partial charge in [-0.3, -0.25) is 14.4 Å². The molecular weight excluding hydrogens is 540 g/mol. The first kappa shape index (κ1) is 32.5. The summed E-state index contributed by atoms with van der Waals surface area (Å²) in [4.78, 5) is 37.1. The number of carboxylic acid groups (broad SMARTS) is 1. The number of unbranched alkanes of at least 4 members (excludes halogenated alkanes) is 1. The van der Waals surface area contributed by atoms with Crippen LogP contribution in [0.4, 0.5) is 0 Å². The van der Waals surface area contributed by atoms with Gasteiger partial charge in [0.05, 0.1) is 12.5 Å². The van der Waals surface area contributed by atoms with E-state index in [1.54, 1.807) is 12.7 Å². The van der Waals surface area contributed by atoms with Gasteiger partial charge in [0.1, 0.15) is 6.10 Å². The quantitative estimate of drug-likeness (QED) is 0.179.